The predicted molar refractivity (Wildman–Crippen MR) is 134 cm³/mol. The Morgan fingerprint density at radius 2 is 1.47 bits per heavy atom. The third-order valence-corrected chi connectivity index (χ3v) is 5.55. The first-order valence-electron chi connectivity index (χ1n) is 11.6. The molecule has 0 heterocycles. The first kappa shape index (κ1) is 31.6. The van der Waals surface area contributed by atoms with Crippen LogP contribution in [0.4, 0.5) is 5.69 Å². The lowest BCUT2D eigenvalue weighted by molar-refractivity contribution is -0.134. The number of carbonyl (C=O) groups is 2. The number of aliphatic hydroxyl groups is 1. The quantitative estimate of drug-likeness (QED) is 0.198. The Hall–Kier alpha value is -2.43. The zero-order valence-corrected chi connectivity index (χ0v) is 21.3. The molecule has 4 N–H and O–H groups in total. The maximum absolute atomic E-state index is 11.2. The number of rotatable bonds is 16. The topological polar surface area (TPSA) is 144 Å². The van der Waals surface area contributed by atoms with Crippen LogP contribution in [0.5, 0.6) is 0 Å². The molecule has 0 bridgehead atoms. The molecule has 9 nitrogen and oxygen atoms in total. The smallest absolute Gasteiger partial charge is 0.328 e. The molecule has 1 aromatic rings. The number of carboxylic acids is 2. The fourth-order valence-electron chi connectivity index (χ4n) is 3.17. The Morgan fingerprint density at radius 1 is 0.941 bits per heavy atom. The zero-order valence-electron chi connectivity index (χ0n) is 20.4. The summed E-state index contributed by atoms with van der Waals surface area (Å²) in [6.07, 6.45) is 9.90. The molecule has 0 amide bonds. The van der Waals surface area contributed by atoms with Gasteiger partial charge in [0.05, 0.1) is 12.4 Å². The van der Waals surface area contributed by atoms with E-state index in [9.17, 15) is 23.1 Å². The highest BCUT2D eigenvalue weighted by molar-refractivity contribution is 7.92. The second-order valence-electron chi connectivity index (χ2n) is 8.01. The summed E-state index contributed by atoms with van der Waals surface area (Å²) in [4.78, 5) is 21.6. The second-order valence-corrected chi connectivity index (χ2v) is 9.76. The van der Waals surface area contributed by atoms with Crippen LogP contribution in [-0.4, -0.2) is 66.5 Å². The number of benzene rings is 1. The summed E-state index contributed by atoms with van der Waals surface area (Å²) >= 11 is 0. The van der Waals surface area contributed by atoms with Gasteiger partial charge < -0.3 is 20.2 Å². The van der Waals surface area contributed by atoms with Crippen molar-refractivity contribution in [3.05, 3.63) is 42.0 Å². The average molecular weight is 501 g/mol. The molecular formula is C24H40N2O7S. The van der Waals surface area contributed by atoms with Gasteiger partial charge in [-0.15, -0.1) is 0 Å². The van der Waals surface area contributed by atoms with Crippen LogP contribution in [0.15, 0.2) is 36.4 Å². The zero-order chi connectivity index (χ0) is 26.0. The monoisotopic (exact) mass is 500 g/mol. The number of aliphatic carboxylic acids is 2. The van der Waals surface area contributed by atoms with E-state index in [1.165, 1.54) is 32.1 Å². The maximum atomic E-state index is 11.2. The summed E-state index contributed by atoms with van der Waals surface area (Å²) < 4.78 is 24.9. The normalized spacial score (nSPS) is 12.3. The number of anilines is 1. The number of unbranched alkanes of at least 4 members (excludes halogenated alkanes) is 4. The van der Waals surface area contributed by atoms with Crippen molar-refractivity contribution in [2.24, 2.45) is 0 Å². The van der Waals surface area contributed by atoms with Crippen LogP contribution < -0.4 is 4.72 Å². The number of aliphatic hydroxyl groups excluding tert-OH is 1. The molecule has 1 atom stereocenters. The summed E-state index contributed by atoms with van der Waals surface area (Å²) in [6, 6.07) is 6.94. The molecule has 0 aliphatic heterocycles. The molecule has 1 unspecified atom stereocenters. The van der Waals surface area contributed by atoms with Crippen molar-refractivity contribution < 1.29 is 33.3 Å². The molecule has 0 saturated carbocycles. The molecule has 1 aromatic carbocycles. The predicted octanol–water partition coefficient (Wildman–Crippen LogP) is 3.88. The summed E-state index contributed by atoms with van der Waals surface area (Å²) in [5.41, 5.74) is 1.34. The van der Waals surface area contributed by atoms with Gasteiger partial charge in [-0.05, 0) is 56.6 Å². The van der Waals surface area contributed by atoms with E-state index < -0.39 is 28.1 Å². The Kier molecular flexibility index (Phi) is 16.7. The van der Waals surface area contributed by atoms with E-state index in [2.05, 4.69) is 23.5 Å². The summed E-state index contributed by atoms with van der Waals surface area (Å²) in [5, 5.41) is 26.0. The van der Waals surface area contributed by atoms with Gasteiger partial charge in [-0.25, -0.2) is 18.0 Å². The molecule has 0 radical (unpaired) electrons. The Labute approximate surface area is 203 Å². The average Bonchev–Trinajstić information content (AvgIpc) is 2.76. The van der Waals surface area contributed by atoms with Crippen LogP contribution in [0.2, 0.25) is 0 Å². The number of nitrogens with zero attached hydrogens (tertiary/aromatic N) is 1. The van der Waals surface area contributed by atoms with E-state index in [4.69, 9.17) is 10.2 Å². The number of nitrogens with one attached hydrogen (secondary N) is 1. The van der Waals surface area contributed by atoms with E-state index in [-0.39, 0.29) is 0 Å². The molecule has 0 fully saturated rings. The van der Waals surface area contributed by atoms with Crippen LogP contribution >= 0.6 is 0 Å². The van der Waals surface area contributed by atoms with Crippen LogP contribution in [0.1, 0.15) is 70.5 Å². The minimum atomic E-state index is -3.27. The molecule has 0 aliphatic carbocycles. The van der Waals surface area contributed by atoms with Gasteiger partial charge in [-0.3, -0.25) is 4.72 Å². The van der Waals surface area contributed by atoms with Crippen LogP contribution in [0.25, 0.3) is 0 Å². The van der Waals surface area contributed by atoms with E-state index in [0.29, 0.717) is 24.3 Å². The maximum Gasteiger partial charge on any atom is 0.328 e. The lowest BCUT2D eigenvalue weighted by Crippen LogP contribution is -2.26. The highest BCUT2D eigenvalue weighted by Crippen LogP contribution is 2.21. The second kappa shape index (κ2) is 18.0. The fraction of sp³-hybridized carbons (Fsp3) is 0.583. The lowest BCUT2D eigenvalue weighted by Gasteiger charge is -2.21. The van der Waals surface area contributed by atoms with E-state index in [0.717, 1.165) is 37.9 Å². The summed E-state index contributed by atoms with van der Waals surface area (Å²) in [5.74, 6) is -2.51. The molecule has 34 heavy (non-hydrogen) atoms. The van der Waals surface area contributed by atoms with Crippen molar-refractivity contribution in [2.75, 3.05) is 30.6 Å². The van der Waals surface area contributed by atoms with Crippen molar-refractivity contribution in [2.45, 2.75) is 64.9 Å². The van der Waals surface area contributed by atoms with Gasteiger partial charge in [0, 0.05) is 17.8 Å². The number of sulfonamides is 1. The van der Waals surface area contributed by atoms with E-state index >= 15 is 0 Å². The van der Waals surface area contributed by atoms with E-state index in [1.807, 2.05) is 0 Å². The standard InChI is InChI=1S/C20H36N2O3S.C4H4O4/c1-4-6-7-8-9-16-22(5-2)17-10-11-20(23)18-12-14-19(15-13-18)21-26(3,24)25;5-3(6)1-2-4(7)8/h12-15,20-21,23H,4-11,16-17H2,1-3H3;1-2H,(H,5,6)(H,7,8). The van der Waals surface area contributed by atoms with Gasteiger partial charge in [0.2, 0.25) is 10.0 Å². The Balaban J connectivity index is 0.00000116. The van der Waals surface area contributed by atoms with Crippen molar-refractivity contribution in [1.82, 2.24) is 4.90 Å². The molecule has 1 rings (SSSR count). The highest BCUT2D eigenvalue weighted by atomic mass is 32.2. The van der Waals surface area contributed by atoms with Crippen LogP contribution in [0.3, 0.4) is 0 Å². The molecular weight excluding hydrogens is 460 g/mol. The van der Waals surface area contributed by atoms with Crippen LogP contribution in [-0.2, 0) is 19.6 Å². The summed E-state index contributed by atoms with van der Waals surface area (Å²) in [7, 11) is -3.27. The van der Waals surface area contributed by atoms with E-state index in [1.54, 1.807) is 24.3 Å². The Bertz CT molecular complexity index is 823. The number of hydrogen-bond acceptors (Lipinski definition) is 6. The largest absolute Gasteiger partial charge is 0.478 e. The minimum Gasteiger partial charge on any atom is -0.478 e. The highest BCUT2D eigenvalue weighted by Gasteiger charge is 2.10. The lowest BCUT2D eigenvalue weighted by atomic mass is 10.0. The first-order valence-corrected chi connectivity index (χ1v) is 13.5. The third-order valence-electron chi connectivity index (χ3n) is 4.94. The SMILES string of the molecule is CCCCCCCN(CC)CCCC(O)c1ccc(NS(C)(=O)=O)cc1.O=C(O)C=CC(=O)O. The van der Waals surface area contributed by atoms with Gasteiger partial charge in [0.25, 0.3) is 0 Å². The van der Waals surface area contributed by atoms with Gasteiger partial charge >= 0.3 is 11.9 Å². The fourth-order valence-corrected chi connectivity index (χ4v) is 3.74. The number of carboxylic acid groups (broad SMARTS) is 2. The van der Waals surface area contributed by atoms with Crippen molar-refractivity contribution >= 4 is 27.6 Å². The van der Waals surface area contributed by atoms with Crippen LogP contribution in [0, 0.1) is 0 Å². The van der Waals surface area contributed by atoms with Gasteiger partial charge in [-0.1, -0.05) is 51.7 Å². The molecule has 0 aromatic heterocycles. The van der Waals surface area contributed by atoms with Gasteiger partial charge in [0.1, 0.15) is 0 Å². The first-order chi connectivity index (χ1) is 16.0. The molecule has 0 saturated heterocycles. The third kappa shape index (κ3) is 18.0. The molecule has 0 aliphatic rings. The summed E-state index contributed by atoms with van der Waals surface area (Å²) in [6.45, 7) is 7.63. The van der Waals surface area contributed by atoms with Crippen molar-refractivity contribution in [3.8, 4) is 0 Å². The molecule has 10 heteroatoms. The number of hydrogen-bond donors (Lipinski definition) is 4. The Morgan fingerprint density at radius 3 is 1.94 bits per heavy atom. The molecule has 194 valence electrons. The van der Waals surface area contributed by atoms with Crippen molar-refractivity contribution in [3.63, 3.8) is 0 Å². The van der Waals surface area contributed by atoms with Gasteiger partial charge in [-0.2, -0.15) is 0 Å². The minimum absolute atomic E-state index is 0.509. The van der Waals surface area contributed by atoms with Crippen molar-refractivity contribution in [1.29, 1.82) is 0 Å². The van der Waals surface area contributed by atoms with Gasteiger partial charge in [0.15, 0.2) is 0 Å². The molecule has 0 spiro atoms.